The molecule has 0 fully saturated rings. The number of nitrogens with zero attached hydrogens (tertiary/aromatic N) is 2. The van der Waals surface area contributed by atoms with E-state index in [-0.39, 0.29) is 11.6 Å². The van der Waals surface area contributed by atoms with E-state index >= 15 is 0 Å². The van der Waals surface area contributed by atoms with Crippen LogP contribution in [0.1, 0.15) is 25.3 Å². The number of hydrogen-bond acceptors (Lipinski definition) is 3. The second kappa shape index (κ2) is 7.31. The normalized spacial score (nSPS) is 10.6. The van der Waals surface area contributed by atoms with Gasteiger partial charge in [0.05, 0.1) is 10.5 Å². The first-order valence-electron chi connectivity index (χ1n) is 6.23. The quantitative estimate of drug-likeness (QED) is 0.450. The number of hydrogen-bond donors (Lipinski definition) is 0. The molecule has 1 amide bonds. The van der Waals surface area contributed by atoms with Gasteiger partial charge >= 0.3 is 0 Å². The molecule has 0 aliphatic carbocycles. The van der Waals surface area contributed by atoms with Crippen LogP contribution in [0.5, 0.6) is 0 Å². The molecule has 0 saturated heterocycles. The summed E-state index contributed by atoms with van der Waals surface area (Å²) in [6.45, 7) is 2.75. The van der Waals surface area contributed by atoms with E-state index in [1.807, 2.05) is 0 Å². The SMILES string of the molecule is CCCCN(C)C(=O)/C=C/c1ccccc1[N+](=O)[O-]. The zero-order valence-electron chi connectivity index (χ0n) is 11.2. The average Bonchev–Trinajstić information content (AvgIpc) is 2.42. The number of carbonyl (C=O) groups excluding carboxylic acids is 1. The molecule has 0 unspecified atom stereocenters. The summed E-state index contributed by atoms with van der Waals surface area (Å²) in [6.07, 6.45) is 4.83. The lowest BCUT2D eigenvalue weighted by atomic mass is 10.1. The van der Waals surface area contributed by atoms with Gasteiger partial charge in [-0.3, -0.25) is 14.9 Å². The highest BCUT2D eigenvalue weighted by Crippen LogP contribution is 2.18. The second-order valence-electron chi connectivity index (χ2n) is 4.26. The van der Waals surface area contributed by atoms with E-state index in [1.54, 1.807) is 30.1 Å². The Labute approximate surface area is 112 Å². The summed E-state index contributed by atoms with van der Waals surface area (Å²) in [5.74, 6) is -0.147. The van der Waals surface area contributed by atoms with E-state index in [4.69, 9.17) is 0 Å². The summed E-state index contributed by atoms with van der Waals surface area (Å²) in [7, 11) is 1.72. The van der Waals surface area contributed by atoms with Crippen LogP contribution in [0, 0.1) is 10.1 Å². The molecule has 1 aromatic rings. The van der Waals surface area contributed by atoms with Crippen LogP contribution in [-0.4, -0.2) is 29.3 Å². The highest BCUT2D eigenvalue weighted by atomic mass is 16.6. The number of likely N-dealkylation sites (N-methyl/N-ethyl adjacent to an activating group) is 1. The molecule has 0 heterocycles. The van der Waals surface area contributed by atoms with Crippen LogP contribution in [0.2, 0.25) is 0 Å². The van der Waals surface area contributed by atoms with Gasteiger partial charge in [-0.15, -0.1) is 0 Å². The van der Waals surface area contributed by atoms with Crippen molar-refractivity contribution in [2.24, 2.45) is 0 Å². The highest BCUT2D eigenvalue weighted by Gasteiger charge is 2.10. The topological polar surface area (TPSA) is 63.5 Å². The molecule has 5 heteroatoms. The monoisotopic (exact) mass is 262 g/mol. The molecule has 5 nitrogen and oxygen atoms in total. The van der Waals surface area contributed by atoms with E-state index in [0.717, 1.165) is 12.8 Å². The molecule has 0 spiro atoms. The fraction of sp³-hybridized carbons (Fsp3) is 0.357. The largest absolute Gasteiger partial charge is 0.342 e. The number of para-hydroxylation sites is 1. The maximum absolute atomic E-state index is 11.8. The summed E-state index contributed by atoms with van der Waals surface area (Å²) < 4.78 is 0. The Hall–Kier alpha value is -2.17. The van der Waals surface area contributed by atoms with Crippen molar-refractivity contribution in [3.05, 3.63) is 46.0 Å². The van der Waals surface area contributed by atoms with Crippen molar-refractivity contribution < 1.29 is 9.72 Å². The fourth-order valence-corrected chi connectivity index (χ4v) is 1.59. The first-order chi connectivity index (χ1) is 9.06. The predicted molar refractivity (Wildman–Crippen MR) is 74.7 cm³/mol. The summed E-state index contributed by atoms with van der Waals surface area (Å²) in [5.41, 5.74) is 0.438. The van der Waals surface area contributed by atoms with Crippen LogP contribution in [-0.2, 0) is 4.79 Å². The van der Waals surface area contributed by atoms with Crippen LogP contribution < -0.4 is 0 Å². The minimum absolute atomic E-state index is 0.00256. The van der Waals surface area contributed by atoms with Crippen LogP contribution in [0.3, 0.4) is 0 Å². The Kier molecular flexibility index (Phi) is 5.73. The Morgan fingerprint density at radius 1 is 1.42 bits per heavy atom. The lowest BCUT2D eigenvalue weighted by Crippen LogP contribution is -2.25. The molecule has 0 aromatic heterocycles. The molecule has 0 aliphatic rings. The zero-order valence-corrected chi connectivity index (χ0v) is 11.2. The molecule has 19 heavy (non-hydrogen) atoms. The number of benzene rings is 1. The molecular formula is C14H18N2O3. The van der Waals surface area contributed by atoms with Crippen LogP contribution in [0.15, 0.2) is 30.3 Å². The van der Waals surface area contributed by atoms with Crippen molar-refractivity contribution in [3.63, 3.8) is 0 Å². The lowest BCUT2D eigenvalue weighted by Gasteiger charge is -2.13. The lowest BCUT2D eigenvalue weighted by molar-refractivity contribution is -0.385. The van der Waals surface area contributed by atoms with Crippen molar-refractivity contribution in [1.82, 2.24) is 4.90 Å². The van der Waals surface area contributed by atoms with E-state index < -0.39 is 4.92 Å². The number of nitro benzene ring substituents is 1. The van der Waals surface area contributed by atoms with Gasteiger partial charge in [-0.05, 0) is 18.6 Å². The van der Waals surface area contributed by atoms with Crippen LogP contribution in [0.4, 0.5) is 5.69 Å². The number of carbonyl (C=O) groups is 1. The molecule has 0 aliphatic heterocycles. The van der Waals surface area contributed by atoms with E-state index in [9.17, 15) is 14.9 Å². The number of rotatable bonds is 6. The van der Waals surface area contributed by atoms with Gasteiger partial charge in [-0.25, -0.2) is 0 Å². The smallest absolute Gasteiger partial charge is 0.276 e. The third-order valence-corrected chi connectivity index (χ3v) is 2.76. The molecular weight excluding hydrogens is 244 g/mol. The predicted octanol–water partition coefficient (Wildman–Crippen LogP) is 2.87. The first-order valence-corrected chi connectivity index (χ1v) is 6.23. The maximum Gasteiger partial charge on any atom is 0.276 e. The Balaban J connectivity index is 2.76. The van der Waals surface area contributed by atoms with Gasteiger partial charge < -0.3 is 4.90 Å². The minimum atomic E-state index is -0.453. The molecule has 0 N–H and O–H groups in total. The molecule has 102 valence electrons. The Morgan fingerprint density at radius 3 is 2.74 bits per heavy atom. The van der Waals surface area contributed by atoms with Crippen molar-refractivity contribution in [2.75, 3.05) is 13.6 Å². The van der Waals surface area contributed by atoms with Crippen molar-refractivity contribution in [1.29, 1.82) is 0 Å². The third kappa shape index (κ3) is 4.54. The standard InChI is InChI=1S/C14H18N2O3/c1-3-4-11-15(2)14(17)10-9-12-7-5-6-8-13(12)16(18)19/h5-10H,3-4,11H2,1-2H3/b10-9+. The number of unbranched alkanes of at least 4 members (excludes halogenated alkanes) is 1. The van der Waals surface area contributed by atoms with Crippen LogP contribution >= 0.6 is 0 Å². The van der Waals surface area contributed by atoms with Crippen molar-refractivity contribution in [2.45, 2.75) is 19.8 Å². The summed E-state index contributed by atoms with van der Waals surface area (Å²) >= 11 is 0. The van der Waals surface area contributed by atoms with E-state index in [1.165, 1.54) is 18.2 Å². The summed E-state index contributed by atoms with van der Waals surface area (Å²) in [4.78, 5) is 23.7. The summed E-state index contributed by atoms with van der Waals surface area (Å²) in [6, 6.07) is 6.35. The van der Waals surface area contributed by atoms with Gasteiger partial charge in [-0.2, -0.15) is 0 Å². The highest BCUT2D eigenvalue weighted by molar-refractivity contribution is 5.92. The maximum atomic E-state index is 11.8. The molecule has 0 atom stereocenters. The van der Waals surface area contributed by atoms with Gasteiger partial charge in [0.1, 0.15) is 0 Å². The van der Waals surface area contributed by atoms with E-state index in [0.29, 0.717) is 12.1 Å². The second-order valence-corrected chi connectivity index (χ2v) is 4.26. The first kappa shape index (κ1) is 14.9. The van der Waals surface area contributed by atoms with Crippen molar-refractivity contribution in [3.8, 4) is 0 Å². The molecule has 1 aromatic carbocycles. The Bertz CT molecular complexity index is 483. The van der Waals surface area contributed by atoms with Gasteiger partial charge in [0.2, 0.25) is 5.91 Å². The Morgan fingerprint density at radius 2 is 2.11 bits per heavy atom. The van der Waals surface area contributed by atoms with Gasteiger partial charge in [0.15, 0.2) is 0 Å². The minimum Gasteiger partial charge on any atom is -0.342 e. The molecule has 0 radical (unpaired) electrons. The van der Waals surface area contributed by atoms with Crippen molar-refractivity contribution >= 4 is 17.7 Å². The van der Waals surface area contributed by atoms with Gasteiger partial charge in [0, 0.05) is 25.7 Å². The fourth-order valence-electron chi connectivity index (χ4n) is 1.59. The van der Waals surface area contributed by atoms with Gasteiger partial charge in [0.25, 0.3) is 5.69 Å². The van der Waals surface area contributed by atoms with Crippen LogP contribution in [0.25, 0.3) is 6.08 Å². The summed E-state index contributed by atoms with van der Waals surface area (Å²) in [5, 5.41) is 10.8. The molecule has 0 saturated carbocycles. The molecule has 0 bridgehead atoms. The number of nitro groups is 1. The van der Waals surface area contributed by atoms with E-state index in [2.05, 4.69) is 6.92 Å². The third-order valence-electron chi connectivity index (χ3n) is 2.76. The molecule has 1 rings (SSSR count). The van der Waals surface area contributed by atoms with Gasteiger partial charge in [-0.1, -0.05) is 25.5 Å². The zero-order chi connectivity index (χ0) is 14.3. The number of amides is 1. The average molecular weight is 262 g/mol.